The summed E-state index contributed by atoms with van der Waals surface area (Å²) < 4.78 is 16.6. The van der Waals surface area contributed by atoms with Crippen molar-refractivity contribution in [3.8, 4) is 0 Å². The summed E-state index contributed by atoms with van der Waals surface area (Å²) in [6.45, 7) is 6.26. The average Bonchev–Trinajstić information content (AvgIpc) is 3.23. The highest BCUT2D eigenvalue weighted by Crippen LogP contribution is 2.13. The predicted molar refractivity (Wildman–Crippen MR) is 251 cm³/mol. The molecule has 0 bridgehead atoms. The van der Waals surface area contributed by atoms with Gasteiger partial charge in [0.25, 0.3) is 0 Å². The molecule has 0 aromatic rings. The highest BCUT2D eigenvalue weighted by atomic mass is 16.6. The van der Waals surface area contributed by atoms with Gasteiger partial charge in [0.2, 0.25) is 0 Å². The SMILES string of the molecule is CC\C=C/C=C\C=C/C=C\CCCCCC(=O)OC(COC(=O)CCC/C=C\C/C=C\C/C=C\C/C=C\C/C=C\CC)COC(=O)CCCCCCCCCCCCC. The summed E-state index contributed by atoms with van der Waals surface area (Å²) in [7, 11) is 0. The highest BCUT2D eigenvalue weighted by molar-refractivity contribution is 5.71. The Morgan fingerprint density at radius 1 is 0.373 bits per heavy atom. The van der Waals surface area contributed by atoms with Gasteiger partial charge in [-0.2, -0.15) is 0 Å². The second kappa shape index (κ2) is 46.8. The van der Waals surface area contributed by atoms with Crippen molar-refractivity contribution in [2.24, 2.45) is 0 Å². The Kier molecular flexibility index (Phi) is 43.6. The first-order valence-electron chi connectivity index (χ1n) is 23.4. The molecule has 0 amide bonds. The predicted octanol–water partition coefficient (Wildman–Crippen LogP) is 15.2. The summed E-state index contributed by atoms with van der Waals surface area (Å²) in [5.74, 6) is -1.02. The van der Waals surface area contributed by atoms with E-state index in [9.17, 15) is 14.4 Å². The molecule has 0 aliphatic rings. The smallest absolute Gasteiger partial charge is 0.306 e. The van der Waals surface area contributed by atoms with E-state index in [0.717, 1.165) is 83.5 Å². The van der Waals surface area contributed by atoms with Crippen molar-refractivity contribution in [2.75, 3.05) is 13.2 Å². The number of rotatable bonds is 40. The van der Waals surface area contributed by atoms with Crippen molar-refractivity contribution in [3.63, 3.8) is 0 Å². The van der Waals surface area contributed by atoms with E-state index in [1.807, 2.05) is 36.5 Å². The third-order valence-corrected chi connectivity index (χ3v) is 9.37. The van der Waals surface area contributed by atoms with Crippen molar-refractivity contribution in [3.05, 3.63) is 109 Å². The number of carbonyl (C=O) groups excluding carboxylic acids is 3. The molecule has 0 rings (SSSR count). The van der Waals surface area contributed by atoms with Gasteiger partial charge >= 0.3 is 17.9 Å². The van der Waals surface area contributed by atoms with Gasteiger partial charge in [0.1, 0.15) is 13.2 Å². The molecule has 0 aromatic carbocycles. The van der Waals surface area contributed by atoms with Crippen LogP contribution in [0.5, 0.6) is 0 Å². The van der Waals surface area contributed by atoms with E-state index >= 15 is 0 Å². The Bertz CT molecular complexity index is 1260. The minimum absolute atomic E-state index is 0.113. The maximum Gasteiger partial charge on any atom is 0.306 e. The minimum Gasteiger partial charge on any atom is -0.462 e. The quantitative estimate of drug-likeness (QED) is 0.0201. The molecule has 0 N–H and O–H groups in total. The van der Waals surface area contributed by atoms with Crippen molar-refractivity contribution in [1.82, 2.24) is 0 Å². The van der Waals surface area contributed by atoms with E-state index in [0.29, 0.717) is 19.3 Å². The van der Waals surface area contributed by atoms with Crippen LogP contribution in [0.4, 0.5) is 0 Å². The lowest BCUT2D eigenvalue weighted by Crippen LogP contribution is -2.30. The molecule has 0 fully saturated rings. The Morgan fingerprint density at radius 3 is 1.29 bits per heavy atom. The molecule has 332 valence electrons. The normalized spacial score (nSPS) is 13.1. The van der Waals surface area contributed by atoms with E-state index in [-0.39, 0.29) is 44.0 Å². The largest absolute Gasteiger partial charge is 0.462 e. The fraction of sp³-hybridized carbons (Fsp3) is 0.604. The lowest BCUT2D eigenvalue weighted by Gasteiger charge is -2.18. The van der Waals surface area contributed by atoms with Crippen LogP contribution in [-0.2, 0) is 28.6 Å². The number of allylic oxidation sites excluding steroid dienone is 18. The van der Waals surface area contributed by atoms with E-state index < -0.39 is 6.10 Å². The van der Waals surface area contributed by atoms with Crippen molar-refractivity contribution in [2.45, 2.75) is 194 Å². The van der Waals surface area contributed by atoms with Gasteiger partial charge in [0.05, 0.1) is 0 Å². The fourth-order valence-electron chi connectivity index (χ4n) is 5.90. The number of esters is 3. The lowest BCUT2D eigenvalue weighted by atomic mass is 10.1. The summed E-state index contributed by atoms with van der Waals surface area (Å²) in [5.41, 5.74) is 0. The third kappa shape index (κ3) is 45.0. The van der Waals surface area contributed by atoms with Crippen molar-refractivity contribution in [1.29, 1.82) is 0 Å². The molecule has 0 saturated heterocycles. The molecule has 59 heavy (non-hydrogen) atoms. The van der Waals surface area contributed by atoms with Gasteiger partial charge in [0.15, 0.2) is 6.10 Å². The number of unbranched alkanes of at least 4 members (excludes halogenated alkanes) is 14. The first-order chi connectivity index (χ1) is 29.0. The molecule has 6 heteroatoms. The fourth-order valence-corrected chi connectivity index (χ4v) is 5.90. The second-order valence-corrected chi connectivity index (χ2v) is 15.0. The Morgan fingerprint density at radius 2 is 0.763 bits per heavy atom. The molecule has 0 aliphatic carbocycles. The summed E-state index contributed by atoms with van der Waals surface area (Å²) >= 11 is 0. The monoisotopic (exact) mass is 817 g/mol. The Labute approximate surface area is 361 Å². The lowest BCUT2D eigenvalue weighted by molar-refractivity contribution is -0.167. The number of hydrogen-bond donors (Lipinski definition) is 0. The highest BCUT2D eigenvalue weighted by Gasteiger charge is 2.19. The summed E-state index contributed by atoms with van der Waals surface area (Å²) in [4.78, 5) is 37.8. The van der Waals surface area contributed by atoms with Gasteiger partial charge in [-0.25, -0.2) is 0 Å². The van der Waals surface area contributed by atoms with Crippen LogP contribution in [0, 0.1) is 0 Å². The Hall–Kier alpha value is -3.93. The van der Waals surface area contributed by atoms with Gasteiger partial charge in [-0.3, -0.25) is 14.4 Å². The molecule has 0 radical (unpaired) electrons. The molecule has 0 saturated carbocycles. The third-order valence-electron chi connectivity index (χ3n) is 9.37. The zero-order chi connectivity index (χ0) is 43.0. The molecule has 0 aromatic heterocycles. The molecular formula is C53H84O6. The molecule has 6 nitrogen and oxygen atoms in total. The molecular weight excluding hydrogens is 733 g/mol. The first kappa shape index (κ1) is 55.1. The van der Waals surface area contributed by atoms with Crippen LogP contribution < -0.4 is 0 Å². The van der Waals surface area contributed by atoms with E-state index in [1.54, 1.807) is 0 Å². The molecule has 1 atom stereocenters. The zero-order valence-corrected chi connectivity index (χ0v) is 37.7. The maximum atomic E-state index is 12.7. The summed E-state index contributed by atoms with van der Waals surface area (Å²) in [6, 6.07) is 0. The van der Waals surface area contributed by atoms with E-state index in [4.69, 9.17) is 14.2 Å². The number of carbonyl (C=O) groups is 3. The van der Waals surface area contributed by atoms with Crippen LogP contribution >= 0.6 is 0 Å². The molecule has 0 heterocycles. The van der Waals surface area contributed by atoms with Crippen LogP contribution in [0.25, 0.3) is 0 Å². The summed E-state index contributed by atoms with van der Waals surface area (Å²) in [6.07, 6.45) is 62.2. The van der Waals surface area contributed by atoms with Gasteiger partial charge in [-0.1, -0.05) is 201 Å². The minimum atomic E-state index is -0.820. The average molecular weight is 817 g/mol. The summed E-state index contributed by atoms with van der Waals surface area (Å²) in [5, 5.41) is 0. The van der Waals surface area contributed by atoms with Gasteiger partial charge in [-0.15, -0.1) is 0 Å². The Balaban J connectivity index is 4.55. The number of hydrogen-bond acceptors (Lipinski definition) is 6. The van der Waals surface area contributed by atoms with E-state index in [1.165, 1.54) is 51.4 Å². The van der Waals surface area contributed by atoms with Crippen LogP contribution in [0.3, 0.4) is 0 Å². The van der Waals surface area contributed by atoms with Crippen LogP contribution in [-0.4, -0.2) is 37.2 Å². The van der Waals surface area contributed by atoms with Gasteiger partial charge in [-0.05, 0) is 77.0 Å². The molecule has 0 aliphatic heterocycles. The van der Waals surface area contributed by atoms with Crippen LogP contribution in [0.2, 0.25) is 0 Å². The van der Waals surface area contributed by atoms with Crippen molar-refractivity contribution < 1.29 is 28.6 Å². The molecule has 0 spiro atoms. The zero-order valence-electron chi connectivity index (χ0n) is 37.7. The van der Waals surface area contributed by atoms with Crippen LogP contribution in [0.1, 0.15) is 188 Å². The topological polar surface area (TPSA) is 78.9 Å². The number of ether oxygens (including phenoxy) is 3. The molecule has 1 unspecified atom stereocenters. The van der Waals surface area contributed by atoms with Crippen LogP contribution in [0.15, 0.2) is 109 Å². The van der Waals surface area contributed by atoms with Gasteiger partial charge in [0, 0.05) is 19.3 Å². The second-order valence-electron chi connectivity index (χ2n) is 15.0. The first-order valence-corrected chi connectivity index (χ1v) is 23.4. The van der Waals surface area contributed by atoms with E-state index in [2.05, 4.69) is 93.7 Å². The van der Waals surface area contributed by atoms with Crippen molar-refractivity contribution >= 4 is 17.9 Å². The van der Waals surface area contributed by atoms with Gasteiger partial charge < -0.3 is 14.2 Å². The standard InChI is InChI=1S/C53H84O6/c1-4-7-10-13-16-19-22-24-25-26-27-29-31-34-37-40-43-46-52(55)58-49-50(48-57-51(54)45-42-39-36-33-30-21-18-15-12-9-6-3)59-53(56)47-44-41-38-35-32-28-23-20-17-14-11-8-5-2/h7-8,10-11,14,16-17,19-20,23-25,27-29,32,34,37,50H,4-6,9,12-13,15,18,21-22,26,30-31,33,35-36,38-49H2,1-3H3/b10-7-,11-8-,17-14-,19-16-,23-20-,25-24-,29-27-,32-28-,37-34-. The maximum absolute atomic E-state index is 12.7.